The summed E-state index contributed by atoms with van der Waals surface area (Å²) in [6.45, 7) is 3.21. The molecule has 0 bridgehead atoms. The van der Waals surface area contributed by atoms with Gasteiger partial charge in [0.15, 0.2) is 11.5 Å². The van der Waals surface area contributed by atoms with E-state index in [1.54, 1.807) is 14.2 Å². The van der Waals surface area contributed by atoms with Crippen molar-refractivity contribution in [3.05, 3.63) is 47.5 Å². The van der Waals surface area contributed by atoms with E-state index in [9.17, 15) is 0 Å². The van der Waals surface area contributed by atoms with E-state index in [1.807, 2.05) is 0 Å². The Labute approximate surface area is 130 Å². The number of ether oxygens (including phenoxy) is 2. The average molecular weight is 293 g/mol. The van der Waals surface area contributed by atoms with Gasteiger partial charge in [0.1, 0.15) is 0 Å². The molecule has 0 fully saturated rings. The summed E-state index contributed by atoms with van der Waals surface area (Å²) in [7, 11) is 3.38. The molecule has 0 saturated carbocycles. The maximum absolute atomic E-state index is 5.50. The summed E-state index contributed by atoms with van der Waals surface area (Å²) in [6.07, 6.45) is 1.01. The predicted octanol–water partition coefficient (Wildman–Crippen LogP) is 4.19. The molecule has 1 aliphatic rings. The first-order chi connectivity index (χ1) is 10.7. The van der Waals surface area contributed by atoms with Gasteiger partial charge in [-0.2, -0.15) is 0 Å². The monoisotopic (exact) mass is 293 g/mol. The summed E-state index contributed by atoms with van der Waals surface area (Å²) in [5.74, 6) is 1.60. The van der Waals surface area contributed by atoms with E-state index in [4.69, 9.17) is 9.47 Å². The Morgan fingerprint density at radius 1 is 1.00 bits per heavy atom. The first kappa shape index (κ1) is 13.3. The number of hydrogen-bond donors (Lipinski definition) is 0. The molecule has 0 radical (unpaired) electrons. The van der Waals surface area contributed by atoms with Crippen molar-refractivity contribution in [3.8, 4) is 22.8 Å². The molecule has 1 aliphatic heterocycles. The number of nitrogens with zero attached hydrogens (tertiary/aromatic N) is 1. The van der Waals surface area contributed by atoms with Crippen LogP contribution in [0.2, 0.25) is 0 Å². The average Bonchev–Trinajstić information content (AvgIpc) is 2.87. The van der Waals surface area contributed by atoms with Crippen LogP contribution in [0.1, 0.15) is 11.1 Å². The zero-order valence-electron chi connectivity index (χ0n) is 13.1. The van der Waals surface area contributed by atoms with Gasteiger partial charge in [-0.3, -0.25) is 0 Å². The lowest BCUT2D eigenvalue weighted by molar-refractivity contribution is 0.354. The molecule has 0 atom stereocenters. The van der Waals surface area contributed by atoms with Gasteiger partial charge in [-0.25, -0.2) is 0 Å². The summed E-state index contributed by atoms with van der Waals surface area (Å²) in [5, 5.41) is 1.33. The maximum atomic E-state index is 5.50. The van der Waals surface area contributed by atoms with Crippen molar-refractivity contribution < 1.29 is 9.47 Å². The van der Waals surface area contributed by atoms with Gasteiger partial charge < -0.3 is 14.0 Å². The lowest BCUT2D eigenvalue weighted by Gasteiger charge is -2.22. The number of hydrogen-bond acceptors (Lipinski definition) is 2. The third-order valence-electron chi connectivity index (χ3n) is 4.69. The van der Waals surface area contributed by atoms with Crippen molar-refractivity contribution in [1.29, 1.82) is 0 Å². The Balaban J connectivity index is 2.05. The zero-order chi connectivity index (χ0) is 15.3. The lowest BCUT2D eigenvalue weighted by atomic mass is 9.95. The SMILES string of the molecule is COc1cc2c(cc1OC)-c1c(C)c3ccccc3n1CC2. The van der Waals surface area contributed by atoms with Crippen molar-refractivity contribution in [2.45, 2.75) is 19.9 Å². The van der Waals surface area contributed by atoms with Crippen LogP contribution < -0.4 is 9.47 Å². The van der Waals surface area contributed by atoms with E-state index in [2.05, 4.69) is 47.9 Å². The van der Waals surface area contributed by atoms with Gasteiger partial charge in [-0.1, -0.05) is 18.2 Å². The topological polar surface area (TPSA) is 23.4 Å². The van der Waals surface area contributed by atoms with E-state index in [0.29, 0.717) is 0 Å². The van der Waals surface area contributed by atoms with Gasteiger partial charge in [-0.05, 0) is 42.7 Å². The minimum absolute atomic E-state index is 0.791. The zero-order valence-corrected chi connectivity index (χ0v) is 13.1. The van der Waals surface area contributed by atoms with E-state index in [0.717, 1.165) is 24.5 Å². The summed E-state index contributed by atoms with van der Waals surface area (Å²) in [5.41, 5.74) is 6.55. The van der Waals surface area contributed by atoms with E-state index in [-0.39, 0.29) is 0 Å². The molecule has 0 saturated heterocycles. The highest BCUT2D eigenvalue weighted by Crippen LogP contribution is 2.42. The third-order valence-corrected chi connectivity index (χ3v) is 4.69. The van der Waals surface area contributed by atoms with Crippen molar-refractivity contribution >= 4 is 10.9 Å². The Hall–Kier alpha value is -2.42. The Morgan fingerprint density at radius 2 is 1.73 bits per heavy atom. The number of aromatic nitrogens is 1. The summed E-state index contributed by atoms with van der Waals surface area (Å²) < 4.78 is 13.4. The van der Waals surface area contributed by atoms with Gasteiger partial charge >= 0.3 is 0 Å². The Bertz CT molecular complexity index is 877. The van der Waals surface area contributed by atoms with Crippen LogP contribution in [0.4, 0.5) is 0 Å². The third kappa shape index (κ3) is 1.68. The molecule has 22 heavy (non-hydrogen) atoms. The minimum Gasteiger partial charge on any atom is -0.493 e. The molecule has 112 valence electrons. The molecule has 0 spiro atoms. The van der Waals surface area contributed by atoms with Crippen molar-refractivity contribution in [1.82, 2.24) is 4.57 Å². The van der Waals surface area contributed by atoms with Crippen molar-refractivity contribution in [2.24, 2.45) is 0 Å². The second kappa shape index (κ2) is 4.80. The van der Waals surface area contributed by atoms with E-state index >= 15 is 0 Å². The highest BCUT2D eigenvalue weighted by atomic mass is 16.5. The molecule has 2 heterocycles. The van der Waals surface area contributed by atoms with Crippen molar-refractivity contribution in [3.63, 3.8) is 0 Å². The van der Waals surface area contributed by atoms with Gasteiger partial charge in [0.25, 0.3) is 0 Å². The molecule has 0 N–H and O–H groups in total. The van der Waals surface area contributed by atoms with Gasteiger partial charge in [-0.15, -0.1) is 0 Å². The van der Waals surface area contributed by atoms with Crippen LogP contribution in [0.3, 0.4) is 0 Å². The molecule has 0 unspecified atom stereocenters. The second-order valence-electron chi connectivity index (χ2n) is 5.76. The number of aryl methyl sites for hydroxylation is 3. The Kier molecular flexibility index (Phi) is 2.89. The lowest BCUT2D eigenvalue weighted by Crippen LogP contribution is -2.11. The maximum Gasteiger partial charge on any atom is 0.161 e. The molecular formula is C19H19NO2. The normalized spacial score (nSPS) is 12.9. The summed E-state index contributed by atoms with van der Waals surface area (Å²) in [4.78, 5) is 0. The molecule has 0 aliphatic carbocycles. The molecule has 0 amide bonds. The number of rotatable bonds is 2. The molecule has 4 rings (SSSR count). The smallest absolute Gasteiger partial charge is 0.161 e. The fourth-order valence-corrected chi connectivity index (χ4v) is 3.64. The highest BCUT2D eigenvalue weighted by Gasteiger charge is 2.23. The summed E-state index contributed by atoms with van der Waals surface area (Å²) >= 11 is 0. The minimum atomic E-state index is 0.791. The highest BCUT2D eigenvalue weighted by molar-refractivity contribution is 5.93. The van der Waals surface area contributed by atoms with Crippen LogP contribution in [-0.4, -0.2) is 18.8 Å². The molecular weight excluding hydrogens is 274 g/mol. The predicted molar refractivity (Wildman–Crippen MR) is 88.9 cm³/mol. The van der Waals surface area contributed by atoms with Crippen LogP contribution in [0.25, 0.3) is 22.2 Å². The van der Waals surface area contributed by atoms with Crippen LogP contribution in [0.15, 0.2) is 36.4 Å². The standard InChI is InChI=1S/C19H19NO2/c1-12-14-6-4-5-7-16(14)20-9-8-13-10-17(21-2)18(22-3)11-15(13)19(12)20/h4-7,10-11H,8-9H2,1-3H3. The largest absolute Gasteiger partial charge is 0.493 e. The molecule has 3 aromatic rings. The molecule has 3 nitrogen and oxygen atoms in total. The molecule has 2 aromatic carbocycles. The first-order valence-corrected chi connectivity index (χ1v) is 7.57. The number of methoxy groups -OCH3 is 2. The number of benzene rings is 2. The van der Waals surface area contributed by atoms with Crippen LogP contribution in [0, 0.1) is 6.92 Å². The van der Waals surface area contributed by atoms with Crippen LogP contribution >= 0.6 is 0 Å². The fraction of sp³-hybridized carbons (Fsp3) is 0.263. The van der Waals surface area contributed by atoms with Gasteiger partial charge in [0.2, 0.25) is 0 Å². The molecule has 1 aromatic heterocycles. The van der Waals surface area contributed by atoms with E-state index < -0.39 is 0 Å². The van der Waals surface area contributed by atoms with E-state index in [1.165, 1.54) is 33.3 Å². The first-order valence-electron chi connectivity index (χ1n) is 7.57. The fourth-order valence-electron chi connectivity index (χ4n) is 3.64. The van der Waals surface area contributed by atoms with Gasteiger partial charge in [0.05, 0.1) is 19.9 Å². The second-order valence-corrected chi connectivity index (χ2v) is 5.76. The number of fused-ring (bicyclic) bond motifs is 5. The Morgan fingerprint density at radius 3 is 2.50 bits per heavy atom. The van der Waals surface area contributed by atoms with Crippen LogP contribution in [-0.2, 0) is 13.0 Å². The molecule has 3 heteroatoms. The van der Waals surface area contributed by atoms with Crippen LogP contribution in [0.5, 0.6) is 11.5 Å². The van der Waals surface area contributed by atoms with Gasteiger partial charge in [0, 0.05) is 23.0 Å². The quantitative estimate of drug-likeness (QED) is 0.707. The summed E-state index contributed by atoms with van der Waals surface area (Å²) in [6, 6.07) is 12.9. The number of para-hydroxylation sites is 1. The van der Waals surface area contributed by atoms with Crippen molar-refractivity contribution in [2.75, 3.05) is 14.2 Å².